The Labute approximate surface area is 519 Å². The molecule has 5 heteroatoms. The van der Waals surface area contributed by atoms with E-state index >= 15 is 0 Å². The summed E-state index contributed by atoms with van der Waals surface area (Å²) in [6.07, 6.45) is 4.03. The number of hydrogen-bond acceptors (Lipinski definition) is 3. The Balaban J connectivity index is 0.998. The number of anilines is 7. The quantitative estimate of drug-likeness (QED) is 0.122. The number of nitrogens with zero attached hydrogens (tertiary/aromatic N) is 5. The summed E-state index contributed by atoms with van der Waals surface area (Å²) in [5, 5.41) is 4.90. The van der Waals surface area contributed by atoms with Crippen LogP contribution in [0.3, 0.4) is 0 Å². The Kier molecular flexibility index (Phi) is 12.9. The first kappa shape index (κ1) is 52.2. The van der Waals surface area contributed by atoms with Crippen molar-refractivity contribution in [2.24, 2.45) is 0 Å². The van der Waals surface area contributed by atoms with E-state index in [1.54, 1.807) is 0 Å². The van der Waals surface area contributed by atoms with Gasteiger partial charge in [-0.3, -0.25) is 0 Å². The number of fused-ring (bicyclic) bond motifs is 6. The molecule has 13 aromatic carbocycles. The van der Waals surface area contributed by atoms with Crippen molar-refractivity contribution in [3.63, 3.8) is 0 Å². The number of para-hydroxylation sites is 4. The third kappa shape index (κ3) is 9.16. The highest BCUT2D eigenvalue weighted by Gasteiger charge is 2.34. The molecule has 0 unspecified atom stereocenters. The molecule has 0 atom stereocenters. The summed E-state index contributed by atoms with van der Waals surface area (Å²) in [7, 11) is 0. The van der Waals surface area contributed by atoms with E-state index < -0.39 is 0 Å². The first-order valence-corrected chi connectivity index (χ1v) is 31.4. The molecule has 2 aromatic heterocycles. The van der Waals surface area contributed by atoms with E-state index in [0.29, 0.717) is 0 Å². The zero-order valence-corrected chi connectivity index (χ0v) is 49.4. The Morgan fingerprint density at radius 3 is 0.944 bits per heavy atom. The second-order valence-corrected chi connectivity index (χ2v) is 23.9. The van der Waals surface area contributed by atoms with Crippen LogP contribution in [0.15, 0.2) is 309 Å². The Bertz CT molecular complexity index is 4700. The number of hydrogen-bond donors (Lipinski definition) is 0. The van der Waals surface area contributed by atoms with Crippen LogP contribution >= 0.6 is 0 Å². The molecule has 17 rings (SSSR count). The van der Waals surface area contributed by atoms with Crippen molar-refractivity contribution in [1.82, 2.24) is 9.13 Å². The summed E-state index contributed by atoms with van der Waals surface area (Å²) in [6, 6.07) is 115. The van der Waals surface area contributed by atoms with Crippen LogP contribution in [0, 0.1) is 0 Å². The van der Waals surface area contributed by atoms with Crippen LogP contribution in [0.4, 0.5) is 39.8 Å². The zero-order chi connectivity index (χ0) is 58.8. The fraction of sp³-hybridized carbons (Fsp3) is 0.0714. The summed E-state index contributed by atoms with van der Waals surface area (Å²) < 4.78 is 4.92. The fourth-order valence-electron chi connectivity index (χ4n) is 14.7. The molecule has 0 N–H and O–H groups in total. The highest BCUT2D eigenvalue weighted by Crippen LogP contribution is 2.54. The highest BCUT2D eigenvalue weighted by atomic mass is 15.2. The minimum absolute atomic E-state index is 0.951. The normalized spacial score (nSPS) is 12.9. The van der Waals surface area contributed by atoms with Crippen LogP contribution in [-0.4, -0.2) is 22.2 Å². The molecule has 15 aromatic rings. The molecule has 5 nitrogen and oxygen atoms in total. The van der Waals surface area contributed by atoms with Gasteiger partial charge in [0.05, 0.1) is 33.4 Å². The molecule has 89 heavy (non-hydrogen) atoms. The lowest BCUT2D eigenvalue weighted by molar-refractivity contribution is 0.634. The third-order valence-electron chi connectivity index (χ3n) is 18.6. The summed E-state index contributed by atoms with van der Waals surface area (Å²) in [5.74, 6) is 0. The number of aromatic nitrogens is 2. The van der Waals surface area contributed by atoms with Gasteiger partial charge in [0, 0.05) is 85.6 Å². The van der Waals surface area contributed by atoms with Crippen LogP contribution in [0.25, 0.3) is 99.5 Å². The van der Waals surface area contributed by atoms with Gasteiger partial charge < -0.3 is 23.8 Å². The predicted octanol–water partition coefficient (Wildman–Crippen LogP) is 22.2. The van der Waals surface area contributed by atoms with E-state index in [2.05, 4.69) is 333 Å². The SMILES string of the molecule is c1ccc(-c2cc(-c3ccccc3)cc(N(c3ccc4c5ccccc5n(-c5ccccc5)c4c3)c3cc(N(c4cc(-c5ccccc5)cc(-c5ccccc5)c4)c4ccc5c6ccccc6n(-c6ccccc6)c5c4)c4c5c3CCCN5CCC4)c2)cc1. The van der Waals surface area contributed by atoms with E-state index in [9.17, 15) is 0 Å². The molecule has 0 saturated heterocycles. The lowest BCUT2D eigenvalue weighted by Crippen LogP contribution is -2.36. The zero-order valence-electron chi connectivity index (χ0n) is 49.4. The van der Waals surface area contributed by atoms with Crippen molar-refractivity contribution in [1.29, 1.82) is 0 Å². The molecule has 2 aliphatic heterocycles. The van der Waals surface area contributed by atoms with Gasteiger partial charge in [-0.2, -0.15) is 0 Å². The van der Waals surface area contributed by atoms with Crippen molar-refractivity contribution in [2.75, 3.05) is 27.8 Å². The first-order chi connectivity index (χ1) is 44.1. The first-order valence-electron chi connectivity index (χ1n) is 31.4. The smallest absolute Gasteiger partial charge is 0.0561 e. The standard InChI is InChI=1S/C84H63N5/c1-7-25-58(26-8-1)62-49-63(59-27-9-2-10-28-59)52-70(51-62)86(68-43-45-74-72-37-19-21-41-78(72)88(80(74)55-68)66-33-15-5-16-34-66)82-57-83(77-40-24-48-85-47-23-39-76(82)84(77)85)87(71-53-64(60-29-11-3-12-30-60)50-65(54-71)61-31-13-4-14-32-61)69-44-46-75-73-38-20-22-42-79(73)89(81(75)56-69)67-35-17-6-18-36-67/h1-22,25-38,41-46,49-57H,23-24,39-40,47-48H2. The average Bonchev–Trinajstić information content (AvgIpc) is 1.79. The average molecular weight is 1140 g/mol. The third-order valence-corrected chi connectivity index (χ3v) is 18.6. The monoisotopic (exact) mass is 1140 g/mol. The Morgan fingerprint density at radius 1 is 0.247 bits per heavy atom. The molecule has 2 aliphatic rings. The molecule has 0 spiro atoms. The van der Waals surface area contributed by atoms with Gasteiger partial charge in [-0.25, -0.2) is 0 Å². The Hall–Kier alpha value is -11.1. The van der Waals surface area contributed by atoms with E-state index in [-0.39, 0.29) is 0 Å². The largest absolute Gasteiger partial charge is 0.371 e. The Morgan fingerprint density at radius 2 is 0.573 bits per heavy atom. The van der Waals surface area contributed by atoms with Crippen LogP contribution in [-0.2, 0) is 12.8 Å². The highest BCUT2D eigenvalue weighted by molar-refractivity contribution is 6.12. The van der Waals surface area contributed by atoms with Gasteiger partial charge in [-0.1, -0.05) is 206 Å². The fourth-order valence-corrected chi connectivity index (χ4v) is 14.7. The van der Waals surface area contributed by atoms with Gasteiger partial charge >= 0.3 is 0 Å². The number of rotatable bonds is 12. The second kappa shape index (κ2) is 22.0. The van der Waals surface area contributed by atoms with Crippen LogP contribution in [0.2, 0.25) is 0 Å². The van der Waals surface area contributed by atoms with Gasteiger partial charge in [0.1, 0.15) is 0 Å². The van der Waals surface area contributed by atoms with Crippen molar-refractivity contribution in [3.05, 3.63) is 321 Å². The van der Waals surface area contributed by atoms with Crippen LogP contribution in [0.1, 0.15) is 24.0 Å². The predicted molar refractivity (Wildman–Crippen MR) is 375 cm³/mol. The molecule has 0 radical (unpaired) electrons. The summed E-state index contributed by atoms with van der Waals surface area (Å²) in [4.78, 5) is 8.00. The van der Waals surface area contributed by atoms with Crippen LogP contribution in [0.5, 0.6) is 0 Å². The van der Waals surface area contributed by atoms with Crippen LogP contribution < -0.4 is 14.7 Å². The van der Waals surface area contributed by atoms with Gasteiger partial charge in [0.25, 0.3) is 0 Å². The van der Waals surface area contributed by atoms with Crippen molar-refractivity contribution < 1.29 is 0 Å². The van der Waals surface area contributed by atoms with Crippen molar-refractivity contribution in [2.45, 2.75) is 25.7 Å². The summed E-state index contributed by atoms with van der Waals surface area (Å²) in [6.45, 7) is 2.02. The molecular formula is C84H63N5. The molecular weight excluding hydrogens is 1080 g/mol. The maximum Gasteiger partial charge on any atom is 0.0561 e. The van der Waals surface area contributed by atoms with Crippen molar-refractivity contribution in [3.8, 4) is 55.9 Å². The van der Waals surface area contributed by atoms with E-state index in [1.165, 1.54) is 83.0 Å². The van der Waals surface area contributed by atoms with Gasteiger partial charge in [0.2, 0.25) is 0 Å². The van der Waals surface area contributed by atoms with Gasteiger partial charge in [0.15, 0.2) is 0 Å². The minimum Gasteiger partial charge on any atom is -0.371 e. The molecule has 0 amide bonds. The molecule has 0 fully saturated rings. The maximum absolute atomic E-state index is 2.74. The van der Waals surface area contributed by atoms with E-state index in [0.717, 1.165) is 106 Å². The second-order valence-electron chi connectivity index (χ2n) is 23.9. The molecule has 424 valence electrons. The van der Waals surface area contributed by atoms with E-state index in [1.807, 2.05) is 0 Å². The molecule has 0 aliphatic carbocycles. The lowest BCUT2D eigenvalue weighted by atomic mass is 9.87. The number of benzene rings is 13. The summed E-state index contributed by atoms with van der Waals surface area (Å²) >= 11 is 0. The van der Waals surface area contributed by atoms with E-state index in [4.69, 9.17) is 0 Å². The minimum atomic E-state index is 0.951. The molecule has 0 bridgehead atoms. The lowest BCUT2D eigenvalue weighted by Gasteiger charge is -2.42. The summed E-state index contributed by atoms with van der Waals surface area (Å²) in [5.41, 5.74) is 27.2. The molecule has 0 saturated carbocycles. The maximum atomic E-state index is 2.74. The van der Waals surface area contributed by atoms with Crippen molar-refractivity contribution >= 4 is 83.4 Å². The topological polar surface area (TPSA) is 19.6 Å². The molecule has 4 heterocycles. The van der Waals surface area contributed by atoms with Gasteiger partial charge in [-0.15, -0.1) is 0 Å². The van der Waals surface area contributed by atoms with Gasteiger partial charge in [-0.05, 0) is 173 Å².